The molecule has 0 saturated carbocycles. The molecule has 1 atom stereocenters. The molecule has 5 rings (SSSR count). The lowest BCUT2D eigenvalue weighted by Gasteiger charge is -2.22. The van der Waals surface area contributed by atoms with Crippen LogP contribution in [0.3, 0.4) is 0 Å². The molecule has 2 aromatic heterocycles. The number of carbonyl (C=O) groups excluding carboxylic acids is 1. The lowest BCUT2D eigenvalue weighted by atomic mass is 10.0. The number of carbonyl (C=O) groups is 1. The Bertz CT molecular complexity index is 1800. The van der Waals surface area contributed by atoms with Crippen LogP contribution in [-0.2, 0) is 9.53 Å². The number of benzene rings is 2. The van der Waals surface area contributed by atoms with Crippen molar-refractivity contribution in [1.82, 2.24) is 4.57 Å². The topological polar surface area (TPSA) is 103 Å². The van der Waals surface area contributed by atoms with Crippen LogP contribution in [0.25, 0.3) is 17.4 Å². The average Bonchev–Trinajstić information content (AvgIpc) is 3.51. The Hall–Kier alpha value is -3.16. The Morgan fingerprint density at radius 3 is 2.69 bits per heavy atom. The Labute approximate surface area is 249 Å². The van der Waals surface area contributed by atoms with Gasteiger partial charge in [-0.1, -0.05) is 39.4 Å². The first-order valence-corrected chi connectivity index (χ1v) is 14.5. The van der Waals surface area contributed by atoms with E-state index in [0.717, 1.165) is 10.0 Å². The minimum absolute atomic E-state index is 0.0332. The number of hydrogen-bond acceptors (Lipinski definition) is 8. The fourth-order valence-electron chi connectivity index (χ4n) is 4.31. The summed E-state index contributed by atoms with van der Waals surface area (Å²) in [6.45, 7) is 3.63. The minimum Gasteiger partial charge on any atom is -0.504 e. The number of phenols is 1. The van der Waals surface area contributed by atoms with E-state index in [1.54, 1.807) is 38.1 Å². The largest absolute Gasteiger partial charge is 0.504 e. The lowest BCUT2D eigenvalue weighted by molar-refractivity contribution is -0.139. The van der Waals surface area contributed by atoms with Gasteiger partial charge in [-0.25, -0.2) is 9.79 Å². The monoisotopic (exact) mass is 720 g/mol. The van der Waals surface area contributed by atoms with Gasteiger partial charge in [-0.2, -0.15) is 0 Å². The molecule has 3 heterocycles. The normalized spacial score (nSPS) is 15.2. The standard InChI is InChI=1S/C28H22BrIN2O6S/c1-4-37-27(35)23-14(2)31-28-32(24(23)20-10-9-19(38-20)16-5-7-17(29)8-6-16)26(34)22(39-28)13-15-11-18(30)25(33)21(12-15)36-3/h5-13,24,33H,4H2,1-3H3/b22-13-/t24-/m0/s1. The Morgan fingerprint density at radius 1 is 1.26 bits per heavy atom. The molecule has 1 aliphatic heterocycles. The summed E-state index contributed by atoms with van der Waals surface area (Å²) >= 11 is 6.65. The molecule has 39 heavy (non-hydrogen) atoms. The molecule has 1 N–H and O–H groups in total. The fraction of sp³-hybridized carbons (Fsp3) is 0.179. The number of phenolic OH excluding ortho intramolecular Hbond substituents is 1. The zero-order valence-corrected chi connectivity index (χ0v) is 25.6. The fourth-order valence-corrected chi connectivity index (χ4v) is 6.25. The van der Waals surface area contributed by atoms with Crippen LogP contribution in [0.4, 0.5) is 0 Å². The third-order valence-corrected chi connectivity index (χ3v) is 8.44. The van der Waals surface area contributed by atoms with Gasteiger partial charge in [-0.15, -0.1) is 0 Å². The molecule has 4 aromatic rings. The second kappa shape index (κ2) is 11.1. The average molecular weight is 721 g/mol. The molecule has 0 amide bonds. The van der Waals surface area contributed by atoms with Crippen LogP contribution in [0.2, 0.25) is 0 Å². The van der Waals surface area contributed by atoms with Gasteiger partial charge in [0.2, 0.25) is 0 Å². The molecule has 0 fully saturated rings. The number of nitrogens with zero attached hydrogens (tertiary/aromatic N) is 2. The third kappa shape index (κ3) is 5.22. The minimum atomic E-state index is -0.860. The summed E-state index contributed by atoms with van der Waals surface area (Å²) < 4.78 is 20.3. The summed E-state index contributed by atoms with van der Waals surface area (Å²) in [5.74, 6) is 0.792. The van der Waals surface area contributed by atoms with E-state index in [0.29, 0.717) is 41.4 Å². The molecule has 1 aliphatic rings. The van der Waals surface area contributed by atoms with Gasteiger partial charge in [0.15, 0.2) is 16.3 Å². The summed E-state index contributed by atoms with van der Waals surface area (Å²) in [6.07, 6.45) is 1.71. The molecule has 0 saturated heterocycles. The van der Waals surface area contributed by atoms with Gasteiger partial charge in [0, 0.05) is 10.0 Å². The van der Waals surface area contributed by atoms with Crippen molar-refractivity contribution in [3.05, 3.63) is 98.9 Å². The van der Waals surface area contributed by atoms with Gasteiger partial charge in [0.25, 0.3) is 5.56 Å². The quantitative estimate of drug-likeness (QED) is 0.219. The molecule has 11 heteroatoms. The summed E-state index contributed by atoms with van der Waals surface area (Å²) in [7, 11) is 1.47. The molecular weight excluding hydrogens is 699 g/mol. The van der Waals surface area contributed by atoms with E-state index in [9.17, 15) is 14.7 Å². The van der Waals surface area contributed by atoms with Gasteiger partial charge >= 0.3 is 5.97 Å². The Morgan fingerprint density at radius 2 is 2.00 bits per heavy atom. The second-order valence-corrected chi connectivity index (χ2v) is 11.7. The zero-order valence-electron chi connectivity index (χ0n) is 21.0. The van der Waals surface area contributed by atoms with Crippen molar-refractivity contribution < 1.29 is 23.8 Å². The van der Waals surface area contributed by atoms with Crippen LogP contribution >= 0.6 is 49.9 Å². The SMILES string of the molecule is CCOC(=O)C1=C(C)N=c2s/c(=C\c3cc(I)c(O)c(OC)c3)c(=O)n2[C@H]1c1ccc(-c2ccc(Br)cc2)o1. The maximum absolute atomic E-state index is 13.8. The maximum atomic E-state index is 13.8. The number of esters is 1. The van der Waals surface area contributed by atoms with Crippen LogP contribution in [0.1, 0.15) is 31.2 Å². The van der Waals surface area contributed by atoms with Gasteiger partial charge in [-0.3, -0.25) is 9.36 Å². The van der Waals surface area contributed by atoms with Crippen LogP contribution in [0.5, 0.6) is 11.5 Å². The number of aromatic nitrogens is 1. The van der Waals surface area contributed by atoms with Gasteiger partial charge in [0.05, 0.1) is 33.1 Å². The first-order chi connectivity index (χ1) is 18.7. The number of hydrogen-bond donors (Lipinski definition) is 1. The summed E-state index contributed by atoms with van der Waals surface area (Å²) in [6, 6.07) is 13.8. The van der Waals surface area contributed by atoms with E-state index in [1.807, 2.05) is 52.9 Å². The van der Waals surface area contributed by atoms with Crippen molar-refractivity contribution in [3.8, 4) is 22.8 Å². The molecular formula is C28H22BrIN2O6S. The van der Waals surface area contributed by atoms with Crippen LogP contribution in [-0.4, -0.2) is 29.4 Å². The highest BCUT2D eigenvalue weighted by Crippen LogP contribution is 2.35. The van der Waals surface area contributed by atoms with Gasteiger partial charge in [0.1, 0.15) is 17.6 Å². The number of furan rings is 1. The van der Waals surface area contributed by atoms with E-state index in [-0.39, 0.29) is 23.5 Å². The Kier molecular flexibility index (Phi) is 7.83. The molecule has 0 spiro atoms. The van der Waals surface area contributed by atoms with Crippen LogP contribution in [0.15, 0.2) is 78.5 Å². The molecule has 0 unspecified atom stereocenters. The molecule has 2 aromatic carbocycles. The third-order valence-electron chi connectivity index (χ3n) is 6.11. The van der Waals surface area contributed by atoms with Gasteiger partial charge in [-0.05, 0) is 84.5 Å². The molecule has 0 bridgehead atoms. The predicted octanol–water partition coefficient (Wildman–Crippen LogP) is 5.14. The highest BCUT2D eigenvalue weighted by molar-refractivity contribution is 14.1. The van der Waals surface area contributed by atoms with E-state index < -0.39 is 12.0 Å². The second-order valence-electron chi connectivity index (χ2n) is 8.56. The smallest absolute Gasteiger partial charge is 0.338 e. The summed E-state index contributed by atoms with van der Waals surface area (Å²) in [5.41, 5.74) is 1.89. The zero-order chi connectivity index (χ0) is 27.8. The highest BCUT2D eigenvalue weighted by Gasteiger charge is 2.35. The highest BCUT2D eigenvalue weighted by atomic mass is 127. The van der Waals surface area contributed by atoms with E-state index in [4.69, 9.17) is 13.9 Å². The number of allylic oxidation sites excluding steroid dienone is 1. The number of methoxy groups -OCH3 is 1. The van der Waals surface area contributed by atoms with Crippen molar-refractivity contribution in [3.63, 3.8) is 0 Å². The van der Waals surface area contributed by atoms with Crippen molar-refractivity contribution in [2.45, 2.75) is 19.9 Å². The van der Waals surface area contributed by atoms with Crippen LogP contribution < -0.4 is 19.6 Å². The number of ether oxygens (including phenoxy) is 2. The van der Waals surface area contributed by atoms with Crippen molar-refractivity contribution in [1.29, 1.82) is 0 Å². The molecule has 0 radical (unpaired) electrons. The summed E-state index contributed by atoms with van der Waals surface area (Å²) in [4.78, 5) is 32.0. The van der Waals surface area contributed by atoms with E-state index in [1.165, 1.54) is 23.0 Å². The first-order valence-electron chi connectivity index (χ1n) is 11.8. The molecule has 200 valence electrons. The van der Waals surface area contributed by atoms with E-state index >= 15 is 0 Å². The number of fused-ring (bicyclic) bond motifs is 1. The Balaban J connectivity index is 1.69. The van der Waals surface area contributed by atoms with Crippen molar-refractivity contribution in [2.75, 3.05) is 13.7 Å². The summed E-state index contributed by atoms with van der Waals surface area (Å²) in [5, 5.41) is 10.2. The van der Waals surface area contributed by atoms with Crippen molar-refractivity contribution >= 4 is 61.9 Å². The first kappa shape index (κ1) is 27.4. The van der Waals surface area contributed by atoms with E-state index in [2.05, 4.69) is 20.9 Å². The number of aromatic hydroxyl groups is 1. The molecule has 0 aliphatic carbocycles. The van der Waals surface area contributed by atoms with Crippen LogP contribution in [0, 0.1) is 3.57 Å². The number of halogens is 2. The maximum Gasteiger partial charge on any atom is 0.338 e. The number of rotatable bonds is 6. The number of thiazole rings is 1. The predicted molar refractivity (Wildman–Crippen MR) is 160 cm³/mol. The molecule has 8 nitrogen and oxygen atoms in total. The lowest BCUT2D eigenvalue weighted by Crippen LogP contribution is -2.39. The van der Waals surface area contributed by atoms with Gasteiger partial charge < -0.3 is 19.0 Å². The van der Waals surface area contributed by atoms with Crippen molar-refractivity contribution in [2.24, 2.45) is 4.99 Å².